The predicted molar refractivity (Wildman–Crippen MR) is 82.7 cm³/mol. The Labute approximate surface area is 129 Å². The zero-order valence-electron chi connectivity index (χ0n) is 13.5. The summed E-state index contributed by atoms with van der Waals surface area (Å²) in [6.45, 7) is 8.11. The molecule has 0 spiro atoms. The van der Waals surface area contributed by atoms with E-state index >= 15 is 0 Å². The Hall–Kier alpha value is -2.11. The fraction of sp³-hybridized carbons (Fsp3) is 0.562. The van der Waals surface area contributed by atoms with E-state index in [1.165, 1.54) is 0 Å². The van der Waals surface area contributed by atoms with E-state index in [9.17, 15) is 4.79 Å². The molecular weight excluding hydrogens is 280 g/mol. The number of nitrogens with zero attached hydrogens (tertiary/aromatic N) is 2. The molecule has 2 aromatic heterocycles. The molecule has 0 aromatic carbocycles. The highest BCUT2D eigenvalue weighted by molar-refractivity contribution is 5.91. The van der Waals surface area contributed by atoms with E-state index in [4.69, 9.17) is 4.52 Å². The first kappa shape index (κ1) is 14.8. The number of carbonyl (C=O) groups is 1. The van der Waals surface area contributed by atoms with E-state index < -0.39 is 0 Å². The number of nitrogens with one attached hydrogen (secondary N) is 2. The lowest BCUT2D eigenvalue weighted by Gasteiger charge is -2.19. The summed E-state index contributed by atoms with van der Waals surface area (Å²) in [5.41, 5.74) is 2.91. The van der Waals surface area contributed by atoms with Crippen molar-refractivity contribution in [2.45, 2.75) is 52.4 Å². The van der Waals surface area contributed by atoms with Crippen molar-refractivity contribution in [1.82, 2.24) is 15.1 Å². The summed E-state index contributed by atoms with van der Waals surface area (Å²) in [7, 11) is 0. The van der Waals surface area contributed by atoms with E-state index in [0.717, 1.165) is 35.7 Å². The van der Waals surface area contributed by atoms with Crippen LogP contribution in [0.1, 0.15) is 50.1 Å². The van der Waals surface area contributed by atoms with Crippen LogP contribution in [-0.4, -0.2) is 21.0 Å². The number of hydrogen-bond acceptors (Lipinski definition) is 4. The normalized spacial score (nSPS) is 18.1. The van der Waals surface area contributed by atoms with Crippen LogP contribution in [0.3, 0.4) is 0 Å². The maximum Gasteiger partial charge on any atom is 0.231 e. The molecule has 1 aliphatic rings. The van der Waals surface area contributed by atoms with E-state index in [1.54, 1.807) is 6.07 Å². The fourth-order valence-corrected chi connectivity index (χ4v) is 2.76. The topological polar surface area (TPSA) is 83.8 Å². The van der Waals surface area contributed by atoms with E-state index in [1.807, 2.05) is 6.92 Å². The third-order valence-electron chi connectivity index (χ3n) is 4.06. The number of carbonyl (C=O) groups excluding carboxylic acids is 1. The first-order chi connectivity index (χ1) is 10.3. The lowest BCUT2D eigenvalue weighted by molar-refractivity contribution is -0.120. The number of fused-ring (bicyclic) bond motifs is 1. The summed E-state index contributed by atoms with van der Waals surface area (Å²) in [6.07, 6.45) is 2.34. The van der Waals surface area contributed by atoms with Crippen molar-refractivity contribution in [1.29, 1.82) is 0 Å². The summed E-state index contributed by atoms with van der Waals surface area (Å²) < 4.78 is 5.22. The van der Waals surface area contributed by atoms with Crippen LogP contribution in [0, 0.1) is 12.8 Å². The van der Waals surface area contributed by atoms with Crippen LogP contribution in [0.5, 0.6) is 0 Å². The average molecular weight is 302 g/mol. The van der Waals surface area contributed by atoms with Gasteiger partial charge in [-0.3, -0.25) is 10.1 Å². The molecule has 0 aliphatic heterocycles. The van der Waals surface area contributed by atoms with Gasteiger partial charge in [0.2, 0.25) is 11.8 Å². The number of imidazole rings is 1. The Balaban J connectivity index is 1.67. The minimum Gasteiger partial charge on any atom is -0.346 e. The molecule has 1 aliphatic carbocycles. The van der Waals surface area contributed by atoms with Crippen LogP contribution < -0.4 is 5.32 Å². The van der Waals surface area contributed by atoms with Crippen LogP contribution in [0.15, 0.2) is 10.6 Å². The summed E-state index contributed by atoms with van der Waals surface area (Å²) in [5, 5.41) is 6.86. The average Bonchev–Trinajstić information content (AvgIpc) is 3.02. The molecule has 6 nitrogen and oxygen atoms in total. The molecule has 6 heteroatoms. The van der Waals surface area contributed by atoms with Gasteiger partial charge in [0.1, 0.15) is 5.82 Å². The summed E-state index contributed by atoms with van der Waals surface area (Å²) in [5.74, 6) is 1.25. The SMILES string of the molecule is Cc1nc2c([nH]1)CC(C(=O)Nc1cc(C(C)(C)C)no1)CC2. The highest BCUT2D eigenvalue weighted by Gasteiger charge is 2.28. The summed E-state index contributed by atoms with van der Waals surface area (Å²) in [6, 6.07) is 1.80. The predicted octanol–water partition coefficient (Wildman–Crippen LogP) is 2.75. The van der Waals surface area contributed by atoms with Gasteiger partial charge < -0.3 is 9.51 Å². The molecule has 3 rings (SSSR count). The van der Waals surface area contributed by atoms with Crippen LogP contribution >= 0.6 is 0 Å². The Bertz CT molecular complexity index is 693. The third-order valence-corrected chi connectivity index (χ3v) is 4.06. The van der Waals surface area contributed by atoms with E-state index in [-0.39, 0.29) is 17.2 Å². The van der Waals surface area contributed by atoms with E-state index in [0.29, 0.717) is 12.3 Å². The van der Waals surface area contributed by atoms with Crippen LogP contribution in [-0.2, 0) is 23.1 Å². The molecule has 1 amide bonds. The zero-order chi connectivity index (χ0) is 15.9. The summed E-state index contributed by atoms with van der Waals surface area (Å²) >= 11 is 0. The second-order valence-corrected chi connectivity index (χ2v) is 7.00. The van der Waals surface area contributed by atoms with Gasteiger partial charge in [0.05, 0.1) is 11.4 Å². The quantitative estimate of drug-likeness (QED) is 0.893. The highest BCUT2D eigenvalue weighted by atomic mass is 16.5. The van der Waals surface area contributed by atoms with Crippen LogP contribution in [0.4, 0.5) is 5.88 Å². The molecule has 0 bridgehead atoms. The zero-order valence-corrected chi connectivity index (χ0v) is 13.5. The molecule has 0 radical (unpaired) electrons. The van der Waals surface area contributed by atoms with Gasteiger partial charge in [-0.15, -0.1) is 0 Å². The molecule has 22 heavy (non-hydrogen) atoms. The minimum atomic E-state index is -0.0976. The lowest BCUT2D eigenvalue weighted by Crippen LogP contribution is -2.28. The molecule has 1 unspecified atom stereocenters. The van der Waals surface area contributed by atoms with Crippen molar-refractivity contribution >= 4 is 11.8 Å². The monoisotopic (exact) mass is 302 g/mol. The number of aromatic nitrogens is 3. The highest BCUT2D eigenvalue weighted by Crippen LogP contribution is 2.27. The third kappa shape index (κ3) is 2.91. The number of hydrogen-bond donors (Lipinski definition) is 2. The van der Waals surface area contributed by atoms with Crippen molar-refractivity contribution in [3.8, 4) is 0 Å². The number of H-pyrrole nitrogens is 1. The van der Waals surface area contributed by atoms with Gasteiger partial charge in [-0.25, -0.2) is 4.98 Å². The first-order valence-corrected chi connectivity index (χ1v) is 7.65. The van der Waals surface area contributed by atoms with Crippen molar-refractivity contribution < 1.29 is 9.32 Å². The van der Waals surface area contributed by atoms with Gasteiger partial charge in [-0.2, -0.15) is 0 Å². The lowest BCUT2D eigenvalue weighted by atomic mass is 9.89. The van der Waals surface area contributed by atoms with Gasteiger partial charge in [0.25, 0.3) is 0 Å². The van der Waals surface area contributed by atoms with Gasteiger partial charge in [-0.1, -0.05) is 25.9 Å². The Morgan fingerprint density at radius 3 is 2.91 bits per heavy atom. The van der Waals surface area contributed by atoms with Gasteiger partial charge in [0.15, 0.2) is 0 Å². The van der Waals surface area contributed by atoms with Crippen molar-refractivity contribution in [3.63, 3.8) is 0 Å². The maximum atomic E-state index is 12.4. The van der Waals surface area contributed by atoms with Crippen molar-refractivity contribution in [2.24, 2.45) is 5.92 Å². The molecule has 0 saturated carbocycles. The molecular formula is C16H22N4O2. The van der Waals surface area contributed by atoms with Crippen LogP contribution in [0.25, 0.3) is 0 Å². The fourth-order valence-electron chi connectivity index (χ4n) is 2.76. The number of aromatic amines is 1. The van der Waals surface area contributed by atoms with Crippen LogP contribution in [0.2, 0.25) is 0 Å². The second-order valence-electron chi connectivity index (χ2n) is 7.00. The Kier molecular flexibility index (Phi) is 3.54. The second kappa shape index (κ2) is 5.26. The molecule has 2 heterocycles. The standard InChI is InChI=1S/C16H22N4O2/c1-9-17-11-6-5-10(7-12(11)18-9)15(21)19-14-8-13(20-22-14)16(2,3)4/h8,10H,5-7H2,1-4H3,(H,17,18)(H,19,21). The van der Waals surface area contributed by atoms with E-state index in [2.05, 4.69) is 41.2 Å². The smallest absolute Gasteiger partial charge is 0.231 e. The molecule has 118 valence electrons. The molecule has 1 atom stereocenters. The first-order valence-electron chi connectivity index (χ1n) is 7.65. The maximum absolute atomic E-state index is 12.4. The largest absolute Gasteiger partial charge is 0.346 e. The molecule has 2 aromatic rings. The molecule has 2 N–H and O–H groups in total. The van der Waals surface area contributed by atoms with Gasteiger partial charge in [-0.05, 0) is 19.8 Å². The molecule has 0 fully saturated rings. The minimum absolute atomic E-state index is 0.0190. The van der Waals surface area contributed by atoms with Crippen molar-refractivity contribution in [3.05, 3.63) is 29.0 Å². The Morgan fingerprint density at radius 1 is 1.45 bits per heavy atom. The molecule has 0 saturated heterocycles. The number of amides is 1. The van der Waals surface area contributed by atoms with Gasteiger partial charge >= 0.3 is 0 Å². The summed E-state index contributed by atoms with van der Waals surface area (Å²) in [4.78, 5) is 20.1. The number of anilines is 1. The van der Waals surface area contributed by atoms with Gasteiger partial charge in [0, 0.05) is 29.5 Å². The number of rotatable bonds is 2. The number of aryl methyl sites for hydroxylation is 2. The van der Waals surface area contributed by atoms with Crippen molar-refractivity contribution in [2.75, 3.05) is 5.32 Å². The Morgan fingerprint density at radius 2 is 2.23 bits per heavy atom.